The van der Waals surface area contributed by atoms with Crippen molar-refractivity contribution in [3.05, 3.63) is 5.21 Å². The van der Waals surface area contributed by atoms with Crippen molar-refractivity contribution in [1.29, 1.82) is 0 Å². The van der Waals surface area contributed by atoms with E-state index in [9.17, 15) is 5.21 Å². The van der Waals surface area contributed by atoms with Crippen LogP contribution in [0.3, 0.4) is 0 Å². The molecule has 3 nitrogen and oxygen atoms in total. The first-order valence-corrected chi connectivity index (χ1v) is 3.04. The van der Waals surface area contributed by atoms with E-state index < -0.39 is 0 Å². The van der Waals surface area contributed by atoms with Gasteiger partial charge in [-0.25, -0.2) is 0 Å². The molecule has 2 N–H and O–H groups in total. The third-order valence-electron chi connectivity index (χ3n) is 1.55. The lowest BCUT2D eigenvalue weighted by molar-refractivity contribution is -0.875. The third-order valence-corrected chi connectivity index (χ3v) is 1.55. The van der Waals surface area contributed by atoms with Crippen molar-refractivity contribution in [2.24, 2.45) is 0 Å². The summed E-state index contributed by atoms with van der Waals surface area (Å²) in [6.07, 6.45) is 0. The molecule has 8 heavy (non-hydrogen) atoms. The van der Waals surface area contributed by atoms with Crippen molar-refractivity contribution in [1.82, 2.24) is 5.32 Å². The number of nitrogens with one attached hydrogen (secondary N) is 2. The fourth-order valence-electron chi connectivity index (χ4n) is 0.890. The molecule has 1 rings (SSSR count). The number of hydrogen-bond donors (Lipinski definition) is 2. The Kier molecular flexibility index (Phi) is 1.83. The summed E-state index contributed by atoms with van der Waals surface area (Å²) in [5.41, 5.74) is 0. The number of hydrogen-bond acceptors (Lipinski definition) is 2. The van der Waals surface area contributed by atoms with Crippen LogP contribution in [0.25, 0.3) is 0 Å². The highest BCUT2D eigenvalue weighted by atomic mass is 16.5. The van der Waals surface area contributed by atoms with E-state index in [0.29, 0.717) is 5.06 Å². The van der Waals surface area contributed by atoms with Crippen molar-refractivity contribution in [3.8, 4) is 0 Å². The zero-order chi connectivity index (χ0) is 5.98. The molecule has 0 bridgehead atoms. The predicted molar refractivity (Wildman–Crippen MR) is 31.5 cm³/mol. The third kappa shape index (κ3) is 1.18. The predicted octanol–water partition coefficient (Wildman–Crippen LogP) is -1.64. The van der Waals surface area contributed by atoms with E-state index in [0.717, 1.165) is 19.6 Å². The summed E-state index contributed by atoms with van der Waals surface area (Å²) >= 11 is 0. The molecule has 0 saturated carbocycles. The summed E-state index contributed by atoms with van der Waals surface area (Å²) in [7, 11) is 0. The topological polar surface area (TPSA) is 39.5 Å². The van der Waals surface area contributed by atoms with Gasteiger partial charge in [0.25, 0.3) is 0 Å². The monoisotopic (exact) mass is 116 g/mol. The van der Waals surface area contributed by atoms with Crippen LogP contribution in [0.1, 0.15) is 6.92 Å². The second-order valence-electron chi connectivity index (χ2n) is 2.32. The van der Waals surface area contributed by atoms with Gasteiger partial charge in [-0.2, -0.15) is 0 Å². The summed E-state index contributed by atoms with van der Waals surface area (Å²) < 4.78 is 0. The molecule has 0 spiro atoms. The summed E-state index contributed by atoms with van der Waals surface area (Å²) in [4.78, 5) is 0. The van der Waals surface area contributed by atoms with Crippen LogP contribution >= 0.6 is 0 Å². The van der Waals surface area contributed by atoms with Crippen LogP contribution in [0.2, 0.25) is 0 Å². The van der Waals surface area contributed by atoms with E-state index in [2.05, 4.69) is 5.32 Å². The van der Waals surface area contributed by atoms with Gasteiger partial charge in [0, 0.05) is 13.1 Å². The highest BCUT2D eigenvalue weighted by Crippen LogP contribution is 1.74. The molecule has 0 aromatic heterocycles. The quantitative estimate of drug-likeness (QED) is 0.373. The molecule has 2 unspecified atom stereocenters. The van der Waals surface area contributed by atoms with Crippen LogP contribution in [-0.2, 0) is 0 Å². The molecule has 0 aromatic rings. The van der Waals surface area contributed by atoms with Crippen LogP contribution in [0.4, 0.5) is 0 Å². The van der Waals surface area contributed by atoms with Crippen LogP contribution in [0.15, 0.2) is 0 Å². The first-order valence-electron chi connectivity index (χ1n) is 3.04. The van der Waals surface area contributed by atoms with Crippen molar-refractivity contribution in [3.63, 3.8) is 0 Å². The van der Waals surface area contributed by atoms with Gasteiger partial charge in [-0.15, -0.1) is 0 Å². The molecule has 0 amide bonds. The molecular formula is C5H12N2O. The van der Waals surface area contributed by atoms with Gasteiger partial charge in [-0.05, 0) is 6.92 Å². The Hall–Kier alpha value is -0.120. The van der Waals surface area contributed by atoms with E-state index in [1.165, 1.54) is 0 Å². The maximum absolute atomic E-state index is 10.8. The average molecular weight is 116 g/mol. The Labute approximate surface area is 49.3 Å². The average Bonchev–Trinajstić information content (AvgIpc) is 1.77. The van der Waals surface area contributed by atoms with Crippen molar-refractivity contribution in [2.75, 3.05) is 19.6 Å². The maximum atomic E-state index is 10.8. The zero-order valence-electron chi connectivity index (χ0n) is 5.11. The fraction of sp³-hybridized carbons (Fsp3) is 1.00. The van der Waals surface area contributed by atoms with E-state index in [1.807, 2.05) is 6.92 Å². The molecule has 1 aliphatic rings. The van der Waals surface area contributed by atoms with Gasteiger partial charge >= 0.3 is 0 Å². The van der Waals surface area contributed by atoms with E-state index in [-0.39, 0.29) is 6.04 Å². The van der Waals surface area contributed by atoms with Gasteiger partial charge in [0.05, 0.1) is 12.6 Å². The van der Waals surface area contributed by atoms with E-state index in [4.69, 9.17) is 0 Å². The van der Waals surface area contributed by atoms with Crippen LogP contribution < -0.4 is 10.4 Å². The summed E-state index contributed by atoms with van der Waals surface area (Å²) in [5.74, 6) is 0. The smallest absolute Gasteiger partial charge is 0.0970 e. The normalized spacial score (nSPS) is 39.8. The molecule has 3 heteroatoms. The lowest BCUT2D eigenvalue weighted by Gasteiger charge is -2.33. The van der Waals surface area contributed by atoms with Gasteiger partial charge < -0.3 is 15.6 Å². The lowest BCUT2D eigenvalue weighted by Crippen LogP contribution is -3.14. The molecule has 0 aliphatic carbocycles. The van der Waals surface area contributed by atoms with Gasteiger partial charge in [0.15, 0.2) is 0 Å². The minimum absolute atomic E-state index is 0.253. The van der Waals surface area contributed by atoms with Crippen LogP contribution in [-0.4, -0.2) is 25.7 Å². The minimum Gasteiger partial charge on any atom is -0.634 e. The largest absolute Gasteiger partial charge is 0.634 e. The molecule has 0 aromatic carbocycles. The fourth-order valence-corrected chi connectivity index (χ4v) is 0.890. The lowest BCUT2D eigenvalue weighted by atomic mass is 10.3. The summed E-state index contributed by atoms with van der Waals surface area (Å²) in [6, 6.07) is 0.253. The molecule has 1 fully saturated rings. The Bertz CT molecular complexity index is 66.8. The standard InChI is InChI=1S/C5H12N2O/c1-5-4-6-2-3-7(5)8/h5-7H,2-4H2,1H3. The van der Waals surface area contributed by atoms with Crippen molar-refractivity contribution >= 4 is 0 Å². The van der Waals surface area contributed by atoms with Crippen LogP contribution in [0.5, 0.6) is 0 Å². The number of quaternary nitrogens is 1. The van der Waals surface area contributed by atoms with Gasteiger partial charge in [0.1, 0.15) is 0 Å². The first-order chi connectivity index (χ1) is 3.80. The minimum atomic E-state index is 0.253. The van der Waals surface area contributed by atoms with Gasteiger partial charge in [-0.1, -0.05) is 0 Å². The van der Waals surface area contributed by atoms with Gasteiger partial charge in [-0.3, -0.25) is 0 Å². The molecule has 1 aliphatic heterocycles. The molecule has 1 heterocycles. The highest BCUT2D eigenvalue weighted by Gasteiger charge is 2.12. The molecular weight excluding hydrogens is 104 g/mol. The van der Waals surface area contributed by atoms with Crippen LogP contribution in [0, 0.1) is 5.21 Å². The SMILES string of the molecule is CC1CNCC[NH+]1[O-]. The number of hydroxylamine groups is 2. The Balaban J connectivity index is 2.28. The van der Waals surface area contributed by atoms with E-state index >= 15 is 0 Å². The zero-order valence-corrected chi connectivity index (χ0v) is 5.11. The first kappa shape index (κ1) is 6.01. The van der Waals surface area contributed by atoms with Crippen molar-refractivity contribution < 1.29 is 5.06 Å². The molecule has 0 radical (unpaired) electrons. The van der Waals surface area contributed by atoms with Crippen molar-refractivity contribution in [2.45, 2.75) is 13.0 Å². The van der Waals surface area contributed by atoms with E-state index in [1.54, 1.807) is 0 Å². The second-order valence-corrected chi connectivity index (χ2v) is 2.32. The van der Waals surface area contributed by atoms with Gasteiger partial charge in [0.2, 0.25) is 0 Å². The number of rotatable bonds is 0. The summed E-state index contributed by atoms with van der Waals surface area (Å²) in [6.45, 7) is 4.44. The Morgan fingerprint density at radius 3 is 2.88 bits per heavy atom. The second kappa shape index (κ2) is 2.44. The molecule has 1 saturated heterocycles. The maximum Gasteiger partial charge on any atom is 0.0970 e. The Morgan fingerprint density at radius 2 is 2.50 bits per heavy atom. The highest BCUT2D eigenvalue weighted by molar-refractivity contribution is 4.58. The Morgan fingerprint density at radius 1 is 1.75 bits per heavy atom. The summed E-state index contributed by atoms with van der Waals surface area (Å²) in [5, 5.41) is 14.3. The molecule has 2 atom stereocenters. The molecule has 48 valence electrons. The number of piperazine rings is 1.